The second-order valence-electron chi connectivity index (χ2n) is 5.78. The average Bonchev–Trinajstić information content (AvgIpc) is 3.14. The molecule has 0 saturated carbocycles. The molecule has 112 valence electrons. The van der Waals surface area contributed by atoms with Gasteiger partial charge in [0, 0.05) is 26.2 Å². The summed E-state index contributed by atoms with van der Waals surface area (Å²) < 4.78 is 0. The van der Waals surface area contributed by atoms with Crippen molar-refractivity contribution in [2.75, 3.05) is 0 Å². The van der Waals surface area contributed by atoms with Gasteiger partial charge in [-0.1, -0.05) is 54.1 Å². The van der Waals surface area contributed by atoms with E-state index in [1.54, 1.807) is 0 Å². The maximum Gasteiger partial charge on any atom is 0 e. The summed E-state index contributed by atoms with van der Waals surface area (Å²) in [6, 6.07) is 24.2. The van der Waals surface area contributed by atoms with Gasteiger partial charge in [-0.05, 0) is 34.7 Å². The molecule has 0 amide bonds. The summed E-state index contributed by atoms with van der Waals surface area (Å²) in [4.78, 5) is 2.71. The molecule has 0 bridgehead atoms. The van der Waals surface area contributed by atoms with Crippen molar-refractivity contribution >= 4 is 22.1 Å². The van der Waals surface area contributed by atoms with Crippen LogP contribution >= 0.6 is 11.3 Å². The van der Waals surface area contributed by atoms with Crippen molar-refractivity contribution in [1.29, 1.82) is 0 Å². The molecule has 0 aliphatic carbocycles. The zero-order valence-electron chi connectivity index (χ0n) is 13.3. The van der Waals surface area contributed by atoms with E-state index in [-0.39, 0.29) is 26.2 Å². The van der Waals surface area contributed by atoms with Crippen molar-refractivity contribution in [2.45, 2.75) is 13.8 Å². The first kappa shape index (κ1) is 16.5. The molecule has 0 atom stereocenters. The third kappa shape index (κ3) is 3.03. The number of hydrogen-bond acceptors (Lipinski definition) is 1. The van der Waals surface area contributed by atoms with E-state index in [0.717, 1.165) is 0 Å². The largest absolute Gasteiger partial charge is 0.182 e. The molecule has 0 spiro atoms. The summed E-state index contributed by atoms with van der Waals surface area (Å²) in [5.41, 5.74) is 5.32. The monoisotopic (exact) mass is 391 g/mol. The Bertz CT molecular complexity index is 945. The average molecular weight is 393 g/mol. The van der Waals surface area contributed by atoms with Crippen LogP contribution in [-0.4, -0.2) is 0 Å². The Morgan fingerprint density at radius 1 is 0.870 bits per heavy atom. The maximum atomic E-state index is 2.34. The zero-order valence-corrected chi connectivity index (χ0v) is 16.5. The minimum absolute atomic E-state index is 0. The Morgan fingerprint density at radius 3 is 2.35 bits per heavy atom. The fourth-order valence-electron chi connectivity index (χ4n) is 3.11. The molecule has 0 saturated heterocycles. The number of hydrogen-bond donors (Lipinski definition) is 0. The summed E-state index contributed by atoms with van der Waals surface area (Å²) in [5, 5.41) is 2.68. The molecule has 0 aliphatic heterocycles. The second-order valence-corrected chi connectivity index (χ2v) is 7.07. The number of aryl methyl sites for hydroxylation is 2. The van der Waals surface area contributed by atoms with Crippen molar-refractivity contribution in [3.05, 3.63) is 77.2 Å². The number of fused-ring (bicyclic) bond motifs is 1. The van der Waals surface area contributed by atoms with Crippen molar-refractivity contribution in [2.24, 2.45) is 0 Å². The van der Waals surface area contributed by atoms with Gasteiger partial charge < -0.3 is 0 Å². The van der Waals surface area contributed by atoms with E-state index >= 15 is 0 Å². The van der Waals surface area contributed by atoms with Gasteiger partial charge in [-0.25, -0.2) is 0 Å². The fraction of sp³-hybridized carbons (Fsp3) is 0.0952. The molecule has 2 heteroatoms. The van der Waals surface area contributed by atoms with E-state index in [9.17, 15) is 0 Å². The van der Waals surface area contributed by atoms with E-state index in [1.807, 2.05) is 11.3 Å². The van der Waals surface area contributed by atoms with Gasteiger partial charge in [0.25, 0.3) is 0 Å². The van der Waals surface area contributed by atoms with Gasteiger partial charge in [-0.3, -0.25) is 0 Å². The Hall–Kier alpha value is -1.37. The summed E-state index contributed by atoms with van der Waals surface area (Å²) in [5.74, 6) is 0. The molecule has 0 radical (unpaired) electrons. The molecule has 3 aromatic carbocycles. The van der Waals surface area contributed by atoms with E-state index < -0.39 is 0 Å². The quantitative estimate of drug-likeness (QED) is 0.338. The molecule has 23 heavy (non-hydrogen) atoms. The Labute approximate surface area is 160 Å². The van der Waals surface area contributed by atoms with Crippen LogP contribution in [0.4, 0.5) is 0 Å². The van der Waals surface area contributed by atoms with Crippen LogP contribution in [0.2, 0.25) is 0 Å². The van der Waals surface area contributed by atoms with Gasteiger partial charge in [0.05, 0.1) is 0 Å². The van der Waals surface area contributed by atoms with Crippen LogP contribution in [-0.2, 0) is 26.2 Å². The first-order valence-corrected chi connectivity index (χ1v) is 8.36. The summed E-state index contributed by atoms with van der Waals surface area (Å²) in [7, 11) is 0. The molecule has 0 N–H and O–H groups in total. The SMILES string of the molecule is Cc1ccc(-c2cc3c(-c4ccccc4)c(C)ccc3[cH-]2)s1.[Zr]. The summed E-state index contributed by atoms with van der Waals surface area (Å²) in [6.07, 6.45) is 0. The van der Waals surface area contributed by atoms with Crippen molar-refractivity contribution in [1.82, 2.24) is 0 Å². The number of benzene rings is 2. The van der Waals surface area contributed by atoms with E-state index in [4.69, 9.17) is 0 Å². The van der Waals surface area contributed by atoms with Crippen LogP contribution in [0.1, 0.15) is 10.4 Å². The molecule has 0 nitrogen and oxygen atoms in total. The number of thiophene rings is 1. The second kappa shape index (κ2) is 6.63. The van der Waals surface area contributed by atoms with E-state index in [2.05, 4.69) is 80.6 Å². The Balaban J connectivity index is 0.00000156. The van der Waals surface area contributed by atoms with Crippen LogP contribution < -0.4 is 0 Å². The Morgan fingerprint density at radius 2 is 1.65 bits per heavy atom. The molecule has 1 heterocycles. The van der Waals surface area contributed by atoms with Crippen molar-refractivity contribution in [3.8, 4) is 21.6 Å². The normalized spacial score (nSPS) is 10.7. The molecule has 4 rings (SSSR count). The third-order valence-electron chi connectivity index (χ3n) is 4.19. The molecule has 0 fully saturated rings. The van der Waals surface area contributed by atoms with Gasteiger partial charge in [0.15, 0.2) is 0 Å². The van der Waals surface area contributed by atoms with Crippen LogP contribution in [0.3, 0.4) is 0 Å². The van der Waals surface area contributed by atoms with Crippen molar-refractivity contribution in [3.63, 3.8) is 0 Å². The van der Waals surface area contributed by atoms with Crippen LogP contribution in [0.15, 0.2) is 66.7 Å². The Kier molecular flexibility index (Phi) is 4.75. The van der Waals surface area contributed by atoms with E-state index in [1.165, 1.54) is 42.8 Å². The predicted octanol–water partition coefficient (Wildman–Crippen LogP) is 6.57. The summed E-state index contributed by atoms with van der Waals surface area (Å²) >= 11 is 1.86. The third-order valence-corrected chi connectivity index (χ3v) is 5.24. The van der Waals surface area contributed by atoms with Gasteiger partial charge in [0.2, 0.25) is 0 Å². The molecule has 0 aliphatic rings. The standard InChI is InChI=1S/C21H17S.Zr/c1-14-8-10-17-12-18(20-11-9-15(2)22-20)13-19(17)21(14)16-6-4-3-5-7-16;/h3-13H,1-2H3;/q-1;. The number of rotatable bonds is 2. The first-order chi connectivity index (χ1) is 10.7. The van der Waals surface area contributed by atoms with Gasteiger partial charge in [0.1, 0.15) is 0 Å². The van der Waals surface area contributed by atoms with Crippen LogP contribution in [0.25, 0.3) is 32.3 Å². The first-order valence-electron chi connectivity index (χ1n) is 7.54. The maximum absolute atomic E-state index is 2.34. The molecular formula is C21H17SZr-. The van der Waals surface area contributed by atoms with Crippen LogP contribution in [0.5, 0.6) is 0 Å². The minimum atomic E-state index is 0. The molecule has 0 unspecified atom stereocenters. The molecule has 1 aromatic heterocycles. The minimum Gasteiger partial charge on any atom is -0.182 e. The zero-order chi connectivity index (χ0) is 15.1. The fourth-order valence-corrected chi connectivity index (χ4v) is 3.97. The summed E-state index contributed by atoms with van der Waals surface area (Å²) in [6.45, 7) is 4.36. The smallest absolute Gasteiger partial charge is 0 e. The topological polar surface area (TPSA) is 0 Å². The van der Waals surface area contributed by atoms with Crippen LogP contribution in [0, 0.1) is 13.8 Å². The van der Waals surface area contributed by atoms with Gasteiger partial charge >= 0.3 is 0 Å². The van der Waals surface area contributed by atoms with Crippen molar-refractivity contribution < 1.29 is 26.2 Å². The molecule has 4 aromatic rings. The van der Waals surface area contributed by atoms with Gasteiger partial charge in [-0.15, -0.1) is 34.5 Å². The van der Waals surface area contributed by atoms with Gasteiger partial charge in [-0.2, -0.15) is 11.3 Å². The predicted molar refractivity (Wildman–Crippen MR) is 97.8 cm³/mol. The molecular weight excluding hydrogens is 376 g/mol. The van der Waals surface area contributed by atoms with E-state index in [0.29, 0.717) is 0 Å².